The first-order chi connectivity index (χ1) is 17.2. The molecule has 5 heteroatoms. The molecule has 0 aromatic heterocycles. The van der Waals surface area contributed by atoms with Gasteiger partial charge in [-0.2, -0.15) is 0 Å². The fraction of sp³-hybridized carbons (Fsp3) is 0.967. The fourth-order valence-corrected chi connectivity index (χ4v) is 4.26. The van der Waals surface area contributed by atoms with Crippen LogP contribution in [0.25, 0.3) is 0 Å². The average Bonchev–Trinajstić information content (AvgIpc) is 2.85. The Labute approximate surface area is 218 Å². The molecular weight excluding hydrogens is 440 g/mol. The molecule has 1 atom stereocenters. The van der Waals surface area contributed by atoms with Gasteiger partial charge in [0.05, 0.1) is 26.2 Å². The van der Waals surface area contributed by atoms with Gasteiger partial charge in [0.1, 0.15) is 6.10 Å². The molecule has 0 bridgehead atoms. The number of ether oxygens (including phenoxy) is 3. The molecule has 0 aromatic carbocycles. The SMILES string of the molecule is CCCCCCCCCCCCOCC(COCCC(=O)O)OCCCCCCCCCCCC. The molecule has 0 aliphatic carbocycles. The summed E-state index contributed by atoms with van der Waals surface area (Å²) in [6.45, 7) is 7.19. The van der Waals surface area contributed by atoms with Gasteiger partial charge in [-0.15, -0.1) is 0 Å². The lowest BCUT2D eigenvalue weighted by atomic mass is 10.1. The number of rotatable bonds is 30. The number of unbranched alkanes of at least 4 members (excludes halogenated alkanes) is 18. The summed E-state index contributed by atoms with van der Waals surface area (Å²) in [4.78, 5) is 10.7. The van der Waals surface area contributed by atoms with Crippen molar-refractivity contribution in [3.8, 4) is 0 Å². The van der Waals surface area contributed by atoms with Crippen LogP contribution in [0.5, 0.6) is 0 Å². The van der Waals surface area contributed by atoms with Crippen molar-refractivity contribution in [3.63, 3.8) is 0 Å². The maximum Gasteiger partial charge on any atom is 0.305 e. The van der Waals surface area contributed by atoms with Gasteiger partial charge in [0, 0.05) is 13.2 Å². The number of carbonyl (C=O) groups is 1. The Morgan fingerprint density at radius 3 is 1.34 bits per heavy atom. The number of hydrogen-bond donors (Lipinski definition) is 1. The topological polar surface area (TPSA) is 65.0 Å². The van der Waals surface area contributed by atoms with Crippen molar-refractivity contribution in [1.29, 1.82) is 0 Å². The Morgan fingerprint density at radius 1 is 0.543 bits per heavy atom. The van der Waals surface area contributed by atoms with Gasteiger partial charge in [0.15, 0.2) is 0 Å². The Bertz CT molecular complexity index is 416. The molecule has 0 aliphatic rings. The number of aliphatic carboxylic acids is 1. The highest BCUT2D eigenvalue weighted by Crippen LogP contribution is 2.12. The van der Waals surface area contributed by atoms with Crippen LogP contribution in [-0.4, -0.2) is 50.2 Å². The van der Waals surface area contributed by atoms with Crippen molar-refractivity contribution in [2.75, 3.05) is 33.0 Å². The zero-order valence-electron chi connectivity index (χ0n) is 23.5. The molecule has 0 heterocycles. The summed E-state index contributed by atoms with van der Waals surface area (Å²) in [5.74, 6) is -0.829. The molecule has 0 aromatic rings. The minimum absolute atomic E-state index is 0.0324. The van der Waals surface area contributed by atoms with Crippen LogP contribution in [0.3, 0.4) is 0 Å². The Balaban J connectivity index is 3.75. The first kappa shape index (κ1) is 34.4. The van der Waals surface area contributed by atoms with Crippen molar-refractivity contribution in [2.24, 2.45) is 0 Å². The maximum absolute atomic E-state index is 10.7. The first-order valence-electron chi connectivity index (χ1n) is 15.2. The van der Waals surface area contributed by atoms with Crippen LogP contribution in [0, 0.1) is 0 Å². The molecule has 0 rings (SSSR count). The molecule has 0 amide bonds. The van der Waals surface area contributed by atoms with Gasteiger partial charge in [-0.1, -0.05) is 129 Å². The van der Waals surface area contributed by atoms with E-state index in [0.29, 0.717) is 13.2 Å². The monoisotopic (exact) mass is 500 g/mol. The quantitative estimate of drug-likeness (QED) is 0.0999. The lowest BCUT2D eigenvalue weighted by Gasteiger charge is -2.18. The van der Waals surface area contributed by atoms with E-state index in [-0.39, 0.29) is 19.1 Å². The van der Waals surface area contributed by atoms with Crippen LogP contribution in [0.15, 0.2) is 0 Å². The highest BCUT2D eigenvalue weighted by atomic mass is 16.6. The van der Waals surface area contributed by atoms with Gasteiger partial charge in [-0.05, 0) is 12.8 Å². The van der Waals surface area contributed by atoms with Crippen molar-refractivity contribution in [2.45, 2.75) is 155 Å². The molecule has 0 aliphatic heterocycles. The highest BCUT2D eigenvalue weighted by Gasteiger charge is 2.11. The molecule has 1 N–H and O–H groups in total. The van der Waals surface area contributed by atoms with E-state index in [4.69, 9.17) is 19.3 Å². The number of carboxylic acids is 1. The Kier molecular flexibility index (Phi) is 29.0. The minimum Gasteiger partial charge on any atom is -0.481 e. The summed E-state index contributed by atoms with van der Waals surface area (Å²) >= 11 is 0. The van der Waals surface area contributed by atoms with Gasteiger partial charge in [0.25, 0.3) is 0 Å². The van der Waals surface area contributed by atoms with E-state index in [2.05, 4.69) is 13.8 Å². The van der Waals surface area contributed by atoms with Gasteiger partial charge in [-0.3, -0.25) is 4.79 Å². The lowest BCUT2D eigenvalue weighted by Crippen LogP contribution is -2.27. The van der Waals surface area contributed by atoms with Crippen molar-refractivity contribution in [1.82, 2.24) is 0 Å². The normalized spacial score (nSPS) is 12.3. The van der Waals surface area contributed by atoms with Crippen LogP contribution < -0.4 is 0 Å². The number of carboxylic acid groups (broad SMARTS) is 1. The molecular formula is C30H60O5. The average molecular weight is 501 g/mol. The predicted molar refractivity (Wildman–Crippen MR) is 147 cm³/mol. The first-order valence-corrected chi connectivity index (χ1v) is 15.2. The predicted octanol–water partition coefficient (Wildman–Crippen LogP) is 8.72. The van der Waals surface area contributed by atoms with E-state index in [9.17, 15) is 4.79 Å². The van der Waals surface area contributed by atoms with E-state index in [1.807, 2.05) is 0 Å². The Hall–Kier alpha value is -0.650. The smallest absolute Gasteiger partial charge is 0.305 e. The number of hydrogen-bond acceptors (Lipinski definition) is 4. The summed E-state index contributed by atoms with van der Waals surface area (Å²) in [7, 11) is 0. The molecule has 0 fully saturated rings. The second-order valence-electron chi connectivity index (χ2n) is 10.2. The van der Waals surface area contributed by atoms with Crippen LogP contribution >= 0.6 is 0 Å². The van der Waals surface area contributed by atoms with Crippen LogP contribution in [0.2, 0.25) is 0 Å². The highest BCUT2D eigenvalue weighted by molar-refractivity contribution is 5.66. The zero-order valence-corrected chi connectivity index (χ0v) is 23.5. The molecule has 0 radical (unpaired) electrons. The van der Waals surface area contributed by atoms with Crippen molar-refractivity contribution < 1.29 is 24.1 Å². The summed E-state index contributed by atoms with van der Waals surface area (Å²) < 4.78 is 17.4. The third-order valence-corrected chi connectivity index (χ3v) is 6.56. The van der Waals surface area contributed by atoms with Crippen molar-refractivity contribution >= 4 is 5.97 Å². The van der Waals surface area contributed by atoms with E-state index in [1.54, 1.807) is 0 Å². The van der Waals surface area contributed by atoms with E-state index < -0.39 is 5.97 Å². The summed E-state index contributed by atoms with van der Waals surface area (Å²) in [5, 5.41) is 8.78. The minimum atomic E-state index is -0.829. The standard InChI is InChI=1S/C30H60O5/c1-3-5-7-9-11-13-15-17-19-21-24-33-27-29(28-34-26-23-30(31)32)35-25-22-20-18-16-14-12-10-8-6-4-2/h29H,3-28H2,1-2H3,(H,31,32). The van der Waals surface area contributed by atoms with Crippen LogP contribution in [0.1, 0.15) is 149 Å². The molecule has 0 saturated heterocycles. The van der Waals surface area contributed by atoms with Crippen LogP contribution in [-0.2, 0) is 19.0 Å². The van der Waals surface area contributed by atoms with Gasteiger partial charge in [0.2, 0.25) is 0 Å². The molecule has 0 spiro atoms. The van der Waals surface area contributed by atoms with E-state index in [1.165, 1.54) is 116 Å². The second-order valence-corrected chi connectivity index (χ2v) is 10.2. The molecule has 0 saturated carbocycles. The van der Waals surface area contributed by atoms with Crippen LogP contribution in [0.4, 0.5) is 0 Å². The lowest BCUT2D eigenvalue weighted by molar-refractivity contribution is -0.138. The summed E-state index contributed by atoms with van der Waals surface area (Å²) in [5.41, 5.74) is 0. The third-order valence-electron chi connectivity index (χ3n) is 6.56. The summed E-state index contributed by atoms with van der Waals surface area (Å²) in [6, 6.07) is 0. The third kappa shape index (κ3) is 29.5. The summed E-state index contributed by atoms with van der Waals surface area (Å²) in [6.07, 6.45) is 26.2. The molecule has 1 unspecified atom stereocenters. The van der Waals surface area contributed by atoms with E-state index >= 15 is 0 Å². The van der Waals surface area contributed by atoms with E-state index in [0.717, 1.165) is 26.1 Å². The van der Waals surface area contributed by atoms with Gasteiger partial charge < -0.3 is 19.3 Å². The zero-order chi connectivity index (χ0) is 25.7. The van der Waals surface area contributed by atoms with Crippen molar-refractivity contribution in [3.05, 3.63) is 0 Å². The maximum atomic E-state index is 10.7. The molecule has 210 valence electrons. The fourth-order valence-electron chi connectivity index (χ4n) is 4.26. The Morgan fingerprint density at radius 2 is 0.914 bits per heavy atom. The van der Waals surface area contributed by atoms with Gasteiger partial charge in [-0.25, -0.2) is 0 Å². The molecule has 35 heavy (non-hydrogen) atoms. The second kappa shape index (κ2) is 29.6. The largest absolute Gasteiger partial charge is 0.481 e. The van der Waals surface area contributed by atoms with Gasteiger partial charge >= 0.3 is 5.97 Å². The molecule has 5 nitrogen and oxygen atoms in total.